The highest BCUT2D eigenvalue weighted by Crippen LogP contribution is 2.18. The molecule has 0 N–H and O–H groups in total. The Balaban J connectivity index is 1.95. The highest BCUT2D eigenvalue weighted by molar-refractivity contribution is 7.98. The number of carbonyl (C=O) groups is 1. The van der Waals surface area contributed by atoms with E-state index in [1.807, 2.05) is 6.26 Å². The zero-order valence-electron chi connectivity index (χ0n) is 9.57. The van der Waals surface area contributed by atoms with Gasteiger partial charge in [0.1, 0.15) is 11.0 Å². The van der Waals surface area contributed by atoms with Gasteiger partial charge in [0.15, 0.2) is 0 Å². The molecule has 1 atom stereocenters. The Kier molecular flexibility index (Phi) is 3.70. The number of amides is 1. The third-order valence-electron chi connectivity index (χ3n) is 2.29. The molecule has 0 aromatic carbocycles. The van der Waals surface area contributed by atoms with Crippen molar-refractivity contribution in [3.63, 3.8) is 0 Å². The Morgan fingerprint density at radius 1 is 1.72 bits per heavy atom. The van der Waals surface area contributed by atoms with Crippen LogP contribution in [0, 0.1) is 10.1 Å². The van der Waals surface area contributed by atoms with Gasteiger partial charge in [-0.15, -0.1) is 5.10 Å². The molecule has 9 heteroatoms. The molecule has 0 saturated carbocycles. The summed E-state index contributed by atoms with van der Waals surface area (Å²) >= 11 is 1.57. The van der Waals surface area contributed by atoms with Crippen LogP contribution in [-0.4, -0.2) is 46.6 Å². The van der Waals surface area contributed by atoms with E-state index in [9.17, 15) is 14.9 Å². The molecule has 2 aliphatic rings. The number of ether oxygens (including phenoxy) is 2. The fourth-order valence-electron chi connectivity index (χ4n) is 1.55. The molecule has 0 aliphatic carbocycles. The first-order valence-electron chi connectivity index (χ1n) is 5.17. The maximum absolute atomic E-state index is 11.4. The minimum absolute atomic E-state index is 0.128. The van der Waals surface area contributed by atoms with Crippen LogP contribution in [0.2, 0.25) is 0 Å². The van der Waals surface area contributed by atoms with Gasteiger partial charge in [-0.25, -0.2) is 4.79 Å². The first-order chi connectivity index (χ1) is 8.60. The SMILES string of the molecule is CSCC1CN(N=C2CC=C([N+](=O)[O-])O2)C(=O)O1. The van der Waals surface area contributed by atoms with Gasteiger partial charge in [0, 0.05) is 11.8 Å². The van der Waals surface area contributed by atoms with Gasteiger partial charge in [0.05, 0.1) is 13.0 Å². The van der Waals surface area contributed by atoms with Crippen molar-refractivity contribution < 1.29 is 19.2 Å². The summed E-state index contributed by atoms with van der Waals surface area (Å²) < 4.78 is 9.94. The van der Waals surface area contributed by atoms with Gasteiger partial charge >= 0.3 is 12.0 Å². The zero-order valence-corrected chi connectivity index (χ0v) is 10.4. The number of nitro groups is 1. The summed E-state index contributed by atoms with van der Waals surface area (Å²) in [6.45, 7) is 0.334. The Morgan fingerprint density at radius 3 is 3.11 bits per heavy atom. The number of nitrogens with zero attached hydrogens (tertiary/aromatic N) is 3. The fourth-order valence-corrected chi connectivity index (χ4v) is 2.09. The number of cyclic esters (lactones) is 1. The molecule has 1 saturated heterocycles. The van der Waals surface area contributed by atoms with Crippen LogP contribution in [0.25, 0.3) is 0 Å². The third-order valence-corrected chi connectivity index (χ3v) is 3.00. The molecule has 2 heterocycles. The molecule has 1 unspecified atom stereocenters. The summed E-state index contributed by atoms with van der Waals surface area (Å²) in [7, 11) is 0. The van der Waals surface area contributed by atoms with E-state index in [2.05, 4.69) is 5.10 Å². The molecule has 98 valence electrons. The van der Waals surface area contributed by atoms with Gasteiger partial charge in [-0.05, 0) is 6.26 Å². The maximum atomic E-state index is 11.4. The predicted molar refractivity (Wildman–Crippen MR) is 63.6 cm³/mol. The molecule has 0 aromatic heterocycles. The van der Waals surface area contributed by atoms with E-state index in [1.54, 1.807) is 11.8 Å². The van der Waals surface area contributed by atoms with Gasteiger partial charge in [-0.1, -0.05) is 0 Å². The van der Waals surface area contributed by atoms with E-state index in [0.717, 1.165) is 5.01 Å². The van der Waals surface area contributed by atoms with Gasteiger partial charge in [-0.3, -0.25) is 10.1 Å². The van der Waals surface area contributed by atoms with Crippen molar-refractivity contribution in [1.29, 1.82) is 0 Å². The van der Waals surface area contributed by atoms with Gasteiger partial charge in [0.25, 0.3) is 0 Å². The molecule has 2 aliphatic heterocycles. The van der Waals surface area contributed by atoms with E-state index >= 15 is 0 Å². The Hall–Kier alpha value is -1.77. The molecule has 1 amide bonds. The largest absolute Gasteiger partial charge is 0.442 e. The molecule has 0 spiro atoms. The lowest BCUT2D eigenvalue weighted by molar-refractivity contribution is -0.454. The smallest absolute Gasteiger partial charge is 0.430 e. The van der Waals surface area contributed by atoms with Crippen molar-refractivity contribution in [3.8, 4) is 0 Å². The Morgan fingerprint density at radius 2 is 2.50 bits per heavy atom. The lowest BCUT2D eigenvalue weighted by Crippen LogP contribution is -2.22. The Labute approximate surface area is 107 Å². The molecule has 2 rings (SSSR count). The summed E-state index contributed by atoms with van der Waals surface area (Å²) in [5, 5.41) is 15.5. The first-order valence-corrected chi connectivity index (χ1v) is 6.56. The molecule has 0 bridgehead atoms. The molecule has 0 radical (unpaired) electrons. The second-order valence-corrected chi connectivity index (χ2v) is 4.55. The van der Waals surface area contributed by atoms with Crippen molar-refractivity contribution in [2.24, 2.45) is 5.10 Å². The molecule has 8 nitrogen and oxygen atoms in total. The second kappa shape index (κ2) is 5.25. The van der Waals surface area contributed by atoms with Crippen LogP contribution in [0.4, 0.5) is 4.79 Å². The summed E-state index contributed by atoms with van der Waals surface area (Å²) in [4.78, 5) is 21.2. The zero-order chi connectivity index (χ0) is 13.1. The van der Waals surface area contributed by atoms with Crippen LogP contribution in [0.3, 0.4) is 0 Å². The van der Waals surface area contributed by atoms with Gasteiger partial charge < -0.3 is 9.47 Å². The minimum Gasteiger partial charge on any atom is -0.442 e. The normalized spacial score (nSPS) is 25.1. The van der Waals surface area contributed by atoms with Crippen molar-refractivity contribution in [1.82, 2.24) is 5.01 Å². The molecular formula is C9H11N3O5S. The minimum atomic E-state index is -0.638. The molecule has 18 heavy (non-hydrogen) atoms. The fraction of sp³-hybridized carbons (Fsp3) is 0.556. The summed E-state index contributed by atoms with van der Waals surface area (Å²) in [5.41, 5.74) is 0. The number of hydrogen-bond donors (Lipinski definition) is 0. The lowest BCUT2D eigenvalue weighted by Gasteiger charge is -2.06. The van der Waals surface area contributed by atoms with Gasteiger partial charge in [-0.2, -0.15) is 16.8 Å². The molecule has 1 fully saturated rings. The number of hydrogen-bond acceptors (Lipinski definition) is 7. The van der Waals surface area contributed by atoms with Crippen LogP contribution in [-0.2, 0) is 9.47 Å². The third kappa shape index (κ3) is 2.73. The summed E-state index contributed by atoms with van der Waals surface area (Å²) in [6.07, 6.45) is 2.66. The first kappa shape index (κ1) is 12.7. The standard InChI is InChI=1S/C9H11N3O5S/c1-18-5-6-4-11(9(13)16-6)10-7-2-3-8(17-7)12(14)15/h3,6H,2,4-5H2,1H3. The van der Waals surface area contributed by atoms with Gasteiger partial charge in [0.2, 0.25) is 5.90 Å². The quantitative estimate of drug-likeness (QED) is 0.560. The van der Waals surface area contributed by atoms with E-state index < -0.39 is 11.0 Å². The summed E-state index contributed by atoms with van der Waals surface area (Å²) in [6, 6.07) is 0. The lowest BCUT2D eigenvalue weighted by atomic mass is 10.4. The second-order valence-electron chi connectivity index (χ2n) is 3.64. The Bertz CT molecular complexity index is 436. The number of rotatable bonds is 4. The number of carbonyl (C=O) groups excluding carboxylic acids is 1. The van der Waals surface area contributed by atoms with Crippen molar-refractivity contribution in [2.75, 3.05) is 18.6 Å². The van der Waals surface area contributed by atoms with E-state index in [1.165, 1.54) is 6.08 Å². The van der Waals surface area contributed by atoms with Crippen LogP contribution in [0.15, 0.2) is 17.1 Å². The summed E-state index contributed by atoms with van der Waals surface area (Å²) in [5.74, 6) is 0.456. The predicted octanol–water partition coefficient (Wildman–Crippen LogP) is 1.02. The average Bonchev–Trinajstić information content (AvgIpc) is 2.88. The van der Waals surface area contributed by atoms with Crippen molar-refractivity contribution in [3.05, 3.63) is 22.1 Å². The van der Waals surface area contributed by atoms with Crippen LogP contribution in [0.1, 0.15) is 6.42 Å². The molecule has 0 aromatic rings. The number of hydrazone groups is 1. The topological polar surface area (TPSA) is 94.3 Å². The van der Waals surface area contributed by atoms with E-state index in [-0.39, 0.29) is 24.3 Å². The highest BCUT2D eigenvalue weighted by atomic mass is 32.2. The van der Waals surface area contributed by atoms with E-state index in [0.29, 0.717) is 12.3 Å². The maximum Gasteiger partial charge on any atom is 0.430 e. The van der Waals surface area contributed by atoms with Crippen molar-refractivity contribution in [2.45, 2.75) is 12.5 Å². The average molecular weight is 273 g/mol. The van der Waals surface area contributed by atoms with Crippen molar-refractivity contribution >= 4 is 23.8 Å². The number of thioether (sulfide) groups is 1. The molecular weight excluding hydrogens is 262 g/mol. The highest BCUT2D eigenvalue weighted by Gasteiger charge is 2.33. The van der Waals surface area contributed by atoms with Crippen LogP contribution < -0.4 is 0 Å². The van der Waals surface area contributed by atoms with E-state index in [4.69, 9.17) is 9.47 Å². The van der Waals surface area contributed by atoms with Crippen LogP contribution in [0.5, 0.6) is 0 Å². The monoisotopic (exact) mass is 273 g/mol. The van der Waals surface area contributed by atoms with Crippen LogP contribution >= 0.6 is 11.8 Å².